The molecule has 0 radical (unpaired) electrons. The molecule has 0 fully saturated rings. The number of halogens is 1. The monoisotopic (exact) mass is 428 g/mol. The average Bonchev–Trinajstić information content (AvgIpc) is 3.05. The number of benzene rings is 1. The quantitative estimate of drug-likeness (QED) is 0.417. The highest BCUT2D eigenvalue weighted by Gasteiger charge is 2.11. The predicted molar refractivity (Wildman–Crippen MR) is 95.3 cm³/mol. The number of hydrogen-bond acceptors (Lipinski definition) is 5. The molecule has 1 N–H and O–H groups in total. The van der Waals surface area contributed by atoms with Crippen LogP contribution in [0, 0.1) is 3.57 Å². The summed E-state index contributed by atoms with van der Waals surface area (Å²) in [5, 5.41) is 3.93. The number of carbonyl (C=O) groups is 1. The molecule has 0 saturated heterocycles. The Morgan fingerprint density at radius 2 is 2.13 bits per heavy atom. The molecule has 1 amide bonds. The maximum Gasteiger partial charge on any atom is 0.307 e. The van der Waals surface area contributed by atoms with Crippen molar-refractivity contribution >= 4 is 34.7 Å². The van der Waals surface area contributed by atoms with E-state index in [1.807, 2.05) is 26.0 Å². The Balaban J connectivity index is 2.13. The zero-order chi connectivity index (χ0) is 16.7. The smallest absolute Gasteiger partial charge is 0.307 e. The summed E-state index contributed by atoms with van der Waals surface area (Å²) < 4.78 is 17.1. The molecule has 23 heavy (non-hydrogen) atoms. The van der Waals surface area contributed by atoms with Crippen LogP contribution in [-0.2, 0) is 0 Å². The fraction of sp³-hybridized carbons (Fsp3) is 0.250. The normalized spacial score (nSPS) is 10.7. The minimum Gasteiger partial charge on any atom is -0.490 e. The van der Waals surface area contributed by atoms with Gasteiger partial charge in [0.25, 0.3) is 0 Å². The molecular weight excluding hydrogens is 411 g/mol. The summed E-state index contributed by atoms with van der Waals surface area (Å²) in [5.41, 5.74) is 3.20. The van der Waals surface area contributed by atoms with Crippen molar-refractivity contribution in [2.75, 3.05) is 13.2 Å². The van der Waals surface area contributed by atoms with E-state index >= 15 is 0 Å². The molecule has 0 atom stereocenters. The van der Waals surface area contributed by atoms with Gasteiger partial charge in [-0.2, -0.15) is 5.10 Å². The van der Waals surface area contributed by atoms with Crippen molar-refractivity contribution in [1.29, 1.82) is 0 Å². The van der Waals surface area contributed by atoms with E-state index in [2.05, 4.69) is 33.1 Å². The number of furan rings is 1. The molecule has 7 heteroatoms. The van der Waals surface area contributed by atoms with Gasteiger partial charge in [0.05, 0.1) is 29.3 Å². The van der Waals surface area contributed by atoms with Gasteiger partial charge >= 0.3 is 5.91 Å². The average molecular weight is 428 g/mol. The molecule has 0 unspecified atom stereocenters. The van der Waals surface area contributed by atoms with Gasteiger partial charge in [0, 0.05) is 0 Å². The van der Waals surface area contributed by atoms with Gasteiger partial charge in [-0.05, 0) is 66.3 Å². The lowest BCUT2D eigenvalue weighted by atomic mass is 10.2. The van der Waals surface area contributed by atoms with Crippen LogP contribution in [0.15, 0.2) is 40.0 Å². The number of nitrogens with zero attached hydrogens (tertiary/aromatic N) is 1. The van der Waals surface area contributed by atoms with Crippen molar-refractivity contribution in [3.63, 3.8) is 0 Å². The van der Waals surface area contributed by atoms with Gasteiger partial charge in [0.1, 0.15) is 0 Å². The summed E-state index contributed by atoms with van der Waals surface area (Å²) in [6.07, 6.45) is 2.98. The van der Waals surface area contributed by atoms with Crippen molar-refractivity contribution in [3.05, 3.63) is 45.4 Å². The van der Waals surface area contributed by atoms with Crippen molar-refractivity contribution < 1.29 is 18.7 Å². The largest absolute Gasteiger partial charge is 0.490 e. The summed E-state index contributed by atoms with van der Waals surface area (Å²) in [6, 6.07) is 6.93. The maximum absolute atomic E-state index is 11.7. The van der Waals surface area contributed by atoms with Crippen molar-refractivity contribution in [3.8, 4) is 11.5 Å². The Bertz CT molecular complexity index is 684. The molecule has 0 saturated carbocycles. The summed E-state index contributed by atoms with van der Waals surface area (Å²) >= 11 is 2.18. The van der Waals surface area contributed by atoms with Crippen LogP contribution < -0.4 is 14.9 Å². The highest BCUT2D eigenvalue weighted by atomic mass is 127. The van der Waals surface area contributed by atoms with Crippen molar-refractivity contribution in [1.82, 2.24) is 5.43 Å². The SMILES string of the molecule is CCOc1cc(/C=N\NC(=O)c2ccco2)cc(I)c1OCC. The van der Waals surface area contributed by atoms with E-state index in [4.69, 9.17) is 13.9 Å². The Kier molecular flexibility index (Phi) is 6.45. The molecule has 122 valence electrons. The first-order valence-electron chi connectivity index (χ1n) is 7.11. The minimum atomic E-state index is -0.406. The van der Waals surface area contributed by atoms with Gasteiger partial charge in [-0.15, -0.1) is 0 Å². The number of hydrazone groups is 1. The first-order chi connectivity index (χ1) is 11.2. The third kappa shape index (κ3) is 4.72. The Labute approximate surface area is 148 Å². The van der Waals surface area contributed by atoms with Crippen LogP contribution in [0.3, 0.4) is 0 Å². The van der Waals surface area contributed by atoms with Gasteiger partial charge in [-0.25, -0.2) is 5.43 Å². The second-order valence-electron chi connectivity index (χ2n) is 4.37. The Morgan fingerprint density at radius 3 is 2.78 bits per heavy atom. The van der Waals surface area contributed by atoms with Crippen LogP contribution in [-0.4, -0.2) is 25.3 Å². The van der Waals surface area contributed by atoms with Gasteiger partial charge in [0.15, 0.2) is 17.3 Å². The number of ether oxygens (including phenoxy) is 2. The van der Waals surface area contributed by atoms with E-state index in [-0.39, 0.29) is 5.76 Å². The van der Waals surface area contributed by atoms with E-state index in [1.54, 1.807) is 18.3 Å². The minimum absolute atomic E-state index is 0.207. The topological polar surface area (TPSA) is 73.1 Å². The predicted octanol–water partition coefficient (Wildman–Crippen LogP) is 3.45. The van der Waals surface area contributed by atoms with Crippen molar-refractivity contribution in [2.24, 2.45) is 5.10 Å². The van der Waals surface area contributed by atoms with Crippen LogP contribution >= 0.6 is 22.6 Å². The van der Waals surface area contributed by atoms with Gasteiger partial charge < -0.3 is 13.9 Å². The molecule has 0 aliphatic rings. The molecule has 0 spiro atoms. The fourth-order valence-corrected chi connectivity index (χ4v) is 2.62. The highest BCUT2D eigenvalue weighted by Crippen LogP contribution is 2.33. The summed E-state index contributed by atoms with van der Waals surface area (Å²) in [5.74, 6) is 1.17. The molecule has 1 aromatic heterocycles. The number of nitrogens with one attached hydrogen (secondary N) is 1. The number of hydrogen-bond donors (Lipinski definition) is 1. The lowest BCUT2D eigenvalue weighted by molar-refractivity contribution is 0.0927. The van der Waals surface area contributed by atoms with Gasteiger partial charge in [-0.3, -0.25) is 4.79 Å². The maximum atomic E-state index is 11.7. The lowest BCUT2D eigenvalue weighted by Gasteiger charge is -2.13. The molecular formula is C16H17IN2O4. The van der Waals surface area contributed by atoms with Gasteiger partial charge in [0.2, 0.25) is 0 Å². The summed E-state index contributed by atoms with van der Waals surface area (Å²) in [6.45, 7) is 4.92. The fourth-order valence-electron chi connectivity index (χ4n) is 1.84. The number of amides is 1. The summed E-state index contributed by atoms with van der Waals surface area (Å²) in [7, 11) is 0. The van der Waals surface area contributed by atoms with E-state index in [9.17, 15) is 4.79 Å². The zero-order valence-corrected chi connectivity index (χ0v) is 15.0. The third-order valence-electron chi connectivity index (χ3n) is 2.75. The number of rotatable bonds is 7. The van der Waals surface area contributed by atoms with Crippen LogP contribution in [0.2, 0.25) is 0 Å². The molecule has 0 aliphatic carbocycles. The zero-order valence-electron chi connectivity index (χ0n) is 12.8. The molecule has 0 bridgehead atoms. The van der Waals surface area contributed by atoms with Crippen LogP contribution in [0.1, 0.15) is 30.0 Å². The second-order valence-corrected chi connectivity index (χ2v) is 5.53. The number of carbonyl (C=O) groups excluding carboxylic acids is 1. The first-order valence-corrected chi connectivity index (χ1v) is 8.19. The molecule has 2 rings (SSSR count). The van der Waals surface area contributed by atoms with Crippen LogP contribution in [0.5, 0.6) is 11.5 Å². The molecule has 1 heterocycles. The Morgan fingerprint density at radius 1 is 1.35 bits per heavy atom. The molecule has 2 aromatic rings. The Hall–Kier alpha value is -2.03. The standard InChI is InChI=1S/C16H17IN2O4/c1-3-21-14-9-11(8-12(17)15(14)22-4-2)10-18-19-16(20)13-6-5-7-23-13/h5-10H,3-4H2,1-2H3,(H,19,20)/b18-10-. The van der Waals surface area contributed by atoms with Crippen LogP contribution in [0.4, 0.5) is 0 Å². The highest BCUT2D eigenvalue weighted by molar-refractivity contribution is 14.1. The van der Waals surface area contributed by atoms with Gasteiger partial charge in [-0.1, -0.05) is 0 Å². The van der Waals surface area contributed by atoms with E-state index in [0.717, 1.165) is 9.13 Å². The van der Waals surface area contributed by atoms with E-state index in [0.29, 0.717) is 24.7 Å². The third-order valence-corrected chi connectivity index (χ3v) is 3.55. The van der Waals surface area contributed by atoms with E-state index in [1.165, 1.54) is 6.26 Å². The van der Waals surface area contributed by atoms with E-state index < -0.39 is 5.91 Å². The van der Waals surface area contributed by atoms with Crippen LogP contribution in [0.25, 0.3) is 0 Å². The molecule has 1 aromatic carbocycles. The summed E-state index contributed by atoms with van der Waals surface area (Å²) in [4.78, 5) is 11.7. The van der Waals surface area contributed by atoms with Crippen molar-refractivity contribution in [2.45, 2.75) is 13.8 Å². The molecule has 6 nitrogen and oxygen atoms in total. The first kappa shape index (κ1) is 17.3. The molecule has 0 aliphatic heterocycles. The second kappa shape index (κ2) is 8.56. The lowest BCUT2D eigenvalue weighted by Crippen LogP contribution is -2.16.